The molecule has 1 amide bonds. The maximum Gasteiger partial charge on any atom is 0.238 e. The summed E-state index contributed by atoms with van der Waals surface area (Å²) in [6.07, 6.45) is 3.60. The summed E-state index contributed by atoms with van der Waals surface area (Å²) in [6, 6.07) is 7.33. The van der Waals surface area contributed by atoms with Gasteiger partial charge in [-0.1, -0.05) is 23.7 Å². The maximum absolute atomic E-state index is 12.1. The molecule has 116 valence electrons. The van der Waals surface area contributed by atoms with E-state index in [2.05, 4.69) is 15.5 Å². The molecule has 1 aliphatic rings. The Bertz CT molecular complexity index is 459. The molecule has 1 aliphatic heterocycles. The van der Waals surface area contributed by atoms with Gasteiger partial charge in [-0.05, 0) is 64.0 Å². The molecule has 2 rings (SSSR count). The van der Waals surface area contributed by atoms with E-state index in [1.807, 2.05) is 25.2 Å². The Morgan fingerprint density at radius 1 is 1.33 bits per heavy atom. The van der Waals surface area contributed by atoms with Crippen molar-refractivity contribution in [1.82, 2.24) is 10.2 Å². The number of likely N-dealkylation sites (tertiary alicyclic amines) is 1. The summed E-state index contributed by atoms with van der Waals surface area (Å²) in [5.74, 6) is 0.803. The highest BCUT2D eigenvalue weighted by Gasteiger charge is 2.20. The monoisotopic (exact) mass is 309 g/mol. The molecule has 1 aromatic carbocycles. The second-order valence-electron chi connectivity index (χ2n) is 5.64. The topological polar surface area (TPSA) is 44.4 Å². The lowest BCUT2D eigenvalue weighted by Gasteiger charge is -2.31. The SMILES string of the molecule is CNCCC1CCN(CC(=O)Nc2ccccc2Cl)CC1. The molecule has 0 atom stereocenters. The van der Waals surface area contributed by atoms with Crippen LogP contribution in [0.1, 0.15) is 19.3 Å². The Morgan fingerprint density at radius 2 is 2.05 bits per heavy atom. The molecule has 1 saturated heterocycles. The van der Waals surface area contributed by atoms with E-state index in [4.69, 9.17) is 11.6 Å². The minimum Gasteiger partial charge on any atom is -0.324 e. The van der Waals surface area contributed by atoms with Crippen molar-refractivity contribution in [3.8, 4) is 0 Å². The first-order chi connectivity index (χ1) is 10.2. The Kier molecular flexibility index (Phi) is 6.49. The van der Waals surface area contributed by atoms with Gasteiger partial charge in [0.2, 0.25) is 5.91 Å². The van der Waals surface area contributed by atoms with Crippen LogP contribution in [-0.2, 0) is 4.79 Å². The van der Waals surface area contributed by atoms with Crippen molar-refractivity contribution in [2.75, 3.05) is 38.5 Å². The zero-order chi connectivity index (χ0) is 15.1. The Labute approximate surface area is 131 Å². The average Bonchev–Trinajstić information content (AvgIpc) is 2.49. The molecule has 0 unspecified atom stereocenters. The first kappa shape index (κ1) is 16.3. The normalized spacial score (nSPS) is 16.9. The summed E-state index contributed by atoms with van der Waals surface area (Å²) < 4.78 is 0. The standard InChI is InChI=1S/C16H24ClN3O/c1-18-9-6-13-7-10-20(11-8-13)12-16(21)19-15-5-3-2-4-14(15)17/h2-5,13,18H,6-12H2,1H3,(H,19,21). The molecule has 1 heterocycles. The van der Waals surface area contributed by atoms with Crippen LogP contribution in [0.4, 0.5) is 5.69 Å². The second kappa shape index (κ2) is 8.37. The van der Waals surface area contributed by atoms with Crippen molar-refractivity contribution in [3.63, 3.8) is 0 Å². The van der Waals surface area contributed by atoms with Crippen molar-refractivity contribution in [1.29, 1.82) is 0 Å². The highest BCUT2D eigenvalue weighted by Crippen LogP contribution is 2.22. The largest absolute Gasteiger partial charge is 0.324 e. The number of carbonyl (C=O) groups excluding carboxylic acids is 1. The first-order valence-electron chi connectivity index (χ1n) is 7.60. The molecule has 0 aromatic heterocycles. The van der Waals surface area contributed by atoms with Gasteiger partial charge in [0.25, 0.3) is 0 Å². The Balaban J connectivity index is 1.73. The molecule has 0 aliphatic carbocycles. The van der Waals surface area contributed by atoms with E-state index in [0.29, 0.717) is 17.3 Å². The zero-order valence-corrected chi connectivity index (χ0v) is 13.3. The number of hydrogen-bond donors (Lipinski definition) is 2. The number of hydrogen-bond acceptors (Lipinski definition) is 3. The van der Waals surface area contributed by atoms with Crippen LogP contribution in [0.5, 0.6) is 0 Å². The molecule has 1 aromatic rings. The fourth-order valence-corrected chi connectivity index (χ4v) is 2.92. The van der Waals surface area contributed by atoms with Gasteiger partial charge in [-0.25, -0.2) is 0 Å². The Hall–Kier alpha value is -1.10. The van der Waals surface area contributed by atoms with Crippen LogP contribution < -0.4 is 10.6 Å². The van der Waals surface area contributed by atoms with Crippen molar-refractivity contribution in [2.45, 2.75) is 19.3 Å². The summed E-state index contributed by atoms with van der Waals surface area (Å²) in [6.45, 7) is 3.54. The number of rotatable bonds is 6. The second-order valence-corrected chi connectivity index (χ2v) is 6.05. The van der Waals surface area contributed by atoms with Crippen molar-refractivity contribution >= 4 is 23.2 Å². The molecule has 21 heavy (non-hydrogen) atoms. The highest BCUT2D eigenvalue weighted by atomic mass is 35.5. The van der Waals surface area contributed by atoms with E-state index in [1.54, 1.807) is 6.07 Å². The lowest BCUT2D eigenvalue weighted by Crippen LogP contribution is -2.39. The molecule has 0 saturated carbocycles. The third kappa shape index (κ3) is 5.30. The molecule has 0 bridgehead atoms. The van der Waals surface area contributed by atoms with E-state index >= 15 is 0 Å². The molecular weight excluding hydrogens is 286 g/mol. The lowest BCUT2D eigenvalue weighted by atomic mass is 9.93. The smallest absolute Gasteiger partial charge is 0.238 e. The third-order valence-corrected chi connectivity index (χ3v) is 4.35. The van der Waals surface area contributed by atoms with Crippen LogP contribution in [-0.4, -0.2) is 44.0 Å². The predicted molar refractivity (Wildman–Crippen MR) is 87.8 cm³/mol. The van der Waals surface area contributed by atoms with Crippen LogP contribution in [0, 0.1) is 5.92 Å². The van der Waals surface area contributed by atoms with Gasteiger partial charge in [0.15, 0.2) is 0 Å². The number of carbonyl (C=O) groups is 1. The van der Waals surface area contributed by atoms with Crippen LogP contribution >= 0.6 is 11.6 Å². The van der Waals surface area contributed by atoms with Crippen LogP contribution in [0.2, 0.25) is 5.02 Å². The minimum atomic E-state index is 0.0109. The van der Waals surface area contributed by atoms with Gasteiger partial charge < -0.3 is 10.6 Å². The van der Waals surface area contributed by atoms with Gasteiger partial charge in [-0.2, -0.15) is 0 Å². The summed E-state index contributed by atoms with van der Waals surface area (Å²) in [5.41, 5.74) is 0.688. The number of anilines is 1. The summed E-state index contributed by atoms with van der Waals surface area (Å²) >= 11 is 6.04. The summed E-state index contributed by atoms with van der Waals surface area (Å²) in [4.78, 5) is 14.3. The van der Waals surface area contributed by atoms with Crippen LogP contribution in [0.3, 0.4) is 0 Å². The number of nitrogens with zero attached hydrogens (tertiary/aromatic N) is 1. The molecular formula is C16H24ClN3O. The third-order valence-electron chi connectivity index (χ3n) is 4.02. The van der Waals surface area contributed by atoms with Gasteiger partial charge >= 0.3 is 0 Å². The number of benzene rings is 1. The van der Waals surface area contributed by atoms with Crippen molar-refractivity contribution < 1.29 is 4.79 Å². The molecule has 5 heteroatoms. The number of halogens is 1. The Morgan fingerprint density at radius 3 is 2.71 bits per heavy atom. The van der Waals surface area contributed by atoms with Gasteiger partial charge in [0.1, 0.15) is 0 Å². The number of nitrogens with one attached hydrogen (secondary N) is 2. The fourth-order valence-electron chi connectivity index (χ4n) is 2.74. The molecule has 2 N–H and O–H groups in total. The van der Waals surface area contributed by atoms with Gasteiger partial charge in [0, 0.05) is 0 Å². The molecule has 4 nitrogen and oxygen atoms in total. The zero-order valence-electron chi connectivity index (χ0n) is 12.6. The van der Waals surface area contributed by atoms with Gasteiger partial charge in [0.05, 0.1) is 17.3 Å². The van der Waals surface area contributed by atoms with Gasteiger partial charge in [-0.15, -0.1) is 0 Å². The fraction of sp³-hybridized carbons (Fsp3) is 0.562. The lowest BCUT2D eigenvalue weighted by molar-refractivity contribution is -0.117. The maximum atomic E-state index is 12.1. The van der Waals surface area contributed by atoms with Crippen LogP contribution in [0.25, 0.3) is 0 Å². The number of amides is 1. The summed E-state index contributed by atoms with van der Waals surface area (Å²) in [7, 11) is 1.99. The van der Waals surface area contributed by atoms with Gasteiger partial charge in [-0.3, -0.25) is 9.69 Å². The average molecular weight is 310 g/mol. The van der Waals surface area contributed by atoms with E-state index in [1.165, 1.54) is 19.3 Å². The number of para-hydroxylation sites is 1. The molecule has 1 fully saturated rings. The van der Waals surface area contributed by atoms with E-state index in [-0.39, 0.29) is 5.91 Å². The van der Waals surface area contributed by atoms with E-state index < -0.39 is 0 Å². The van der Waals surface area contributed by atoms with E-state index in [9.17, 15) is 4.79 Å². The van der Waals surface area contributed by atoms with E-state index in [0.717, 1.165) is 25.6 Å². The quantitative estimate of drug-likeness (QED) is 0.849. The molecule has 0 radical (unpaired) electrons. The van der Waals surface area contributed by atoms with Crippen LogP contribution in [0.15, 0.2) is 24.3 Å². The summed E-state index contributed by atoms with van der Waals surface area (Å²) in [5, 5.41) is 6.66. The minimum absolute atomic E-state index is 0.0109. The van der Waals surface area contributed by atoms with Crippen molar-refractivity contribution in [3.05, 3.63) is 29.3 Å². The van der Waals surface area contributed by atoms with Crippen molar-refractivity contribution in [2.24, 2.45) is 5.92 Å². The predicted octanol–water partition coefficient (Wildman–Crippen LogP) is 2.60. The highest BCUT2D eigenvalue weighted by molar-refractivity contribution is 6.33. The number of piperidine rings is 1. The first-order valence-corrected chi connectivity index (χ1v) is 7.98. The molecule has 0 spiro atoms.